The van der Waals surface area contributed by atoms with Crippen molar-refractivity contribution in [2.75, 3.05) is 18.5 Å². The fraction of sp³-hybridized carbons (Fsp3) is 0.261. The normalized spacial score (nSPS) is 12.8. The Bertz CT molecular complexity index is 1110. The first kappa shape index (κ1) is 20.6. The number of nitrogens with one attached hydrogen (secondary N) is 2. The van der Waals surface area contributed by atoms with Gasteiger partial charge in [-0.25, -0.2) is 9.07 Å². The van der Waals surface area contributed by atoms with Crippen LogP contribution in [0.3, 0.4) is 0 Å². The molecule has 0 saturated heterocycles. The van der Waals surface area contributed by atoms with Gasteiger partial charge < -0.3 is 15.4 Å². The van der Waals surface area contributed by atoms with Crippen LogP contribution >= 0.6 is 0 Å². The lowest BCUT2D eigenvalue weighted by molar-refractivity contribution is -0.116. The summed E-state index contributed by atoms with van der Waals surface area (Å²) in [5.41, 5.74) is 3.80. The first-order valence-electron chi connectivity index (χ1n) is 10.2. The van der Waals surface area contributed by atoms with Gasteiger partial charge in [-0.2, -0.15) is 5.10 Å². The monoisotopic (exact) mass is 422 g/mol. The van der Waals surface area contributed by atoms with E-state index in [4.69, 9.17) is 4.74 Å². The summed E-state index contributed by atoms with van der Waals surface area (Å²) in [6, 6.07) is 11.5. The summed E-state index contributed by atoms with van der Waals surface area (Å²) in [4.78, 5) is 24.1. The molecule has 160 valence electrons. The Hall–Kier alpha value is -3.68. The van der Waals surface area contributed by atoms with Crippen LogP contribution in [0.1, 0.15) is 35.0 Å². The molecule has 0 unspecified atom stereocenters. The number of fused-ring (bicyclic) bond motifs is 1. The number of aromatic nitrogens is 2. The van der Waals surface area contributed by atoms with Gasteiger partial charge in [0, 0.05) is 12.1 Å². The highest BCUT2D eigenvalue weighted by Gasteiger charge is 2.17. The first-order valence-corrected chi connectivity index (χ1v) is 10.2. The number of rotatable bonds is 7. The molecule has 0 bridgehead atoms. The minimum atomic E-state index is -0.324. The predicted molar refractivity (Wildman–Crippen MR) is 114 cm³/mol. The number of aryl methyl sites for hydroxylation is 1. The Morgan fingerprint density at radius 3 is 2.81 bits per heavy atom. The zero-order chi connectivity index (χ0) is 21.8. The SMILES string of the molecule is CCc1c(C(=O)NCCOc2ccc3c(c2)CCC(=O)N3)cnn1-c1ccc(F)cc1. The van der Waals surface area contributed by atoms with E-state index < -0.39 is 0 Å². The minimum Gasteiger partial charge on any atom is -0.492 e. The number of hydrogen-bond acceptors (Lipinski definition) is 4. The van der Waals surface area contributed by atoms with Crippen LogP contribution in [0.2, 0.25) is 0 Å². The maximum atomic E-state index is 13.2. The molecule has 0 radical (unpaired) electrons. The average molecular weight is 422 g/mol. The molecule has 31 heavy (non-hydrogen) atoms. The number of hydrogen-bond donors (Lipinski definition) is 2. The van der Waals surface area contributed by atoms with Gasteiger partial charge >= 0.3 is 0 Å². The smallest absolute Gasteiger partial charge is 0.254 e. The lowest BCUT2D eigenvalue weighted by atomic mass is 10.0. The van der Waals surface area contributed by atoms with Crippen molar-refractivity contribution < 1.29 is 18.7 Å². The van der Waals surface area contributed by atoms with E-state index in [0.29, 0.717) is 49.4 Å². The average Bonchev–Trinajstić information content (AvgIpc) is 3.21. The second-order valence-electron chi connectivity index (χ2n) is 7.22. The summed E-state index contributed by atoms with van der Waals surface area (Å²) in [6.07, 6.45) is 3.28. The first-order chi connectivity index (χ1) is 15.0. The molecule has 3 aromatic rings. The molecule has 0 fully saturated rings. The highest BCUT2D eigenvalue weighted by atomic mass is 19.1. The minimum absolute atomic E-state index is 0.0260. The Labute approximate surface area is 179 Å². The number of nitrogens with zero attached hydrogens (tertiary/aromatic N) is 2. The fourth-order valence-corrected chi connectivity index (χ4v) is 3.59. The van der Waals surface area contributed by atoms with Crippen molar-refractivity contribution in [3.63, 3.8) is 0 Å². The number of ether oxygens (including phenoxy) is 1. The third kappa shape index (κ3) is 4.58. The molecular weight excluding hydrogens is 399 g/mol. The Kier molecular flexibility index (Phi) is 5.97. The lowest BCUT2D eigenvalue weighted by Gasteiger charge is -2.17. The zero-order valence-electron chi connectivity index (χ0n) is 17.2. The standard InChI is InChI=1S/C23H23FN4O3/c1-2-21-19(14-26-28(21)17-6-4-16(24)5-7-17)23(30)25-11-12-31-18-8-9-20-15(13-18)3-10-22(29)27-20/h4-9,13-14H,2-3,10-12H2,1H3,(H,25,30)(H,27,29). The summed E-state index contributed by atoms with van der Waals surface area (Å²) in [7, 11) is 0. The molecule has 1 aromatic heterocycles. The maximum Gasteiger partial charge on any atom is 0.254 e. The number of benzene rings is 2. The van der Waals surface area contributed by atoms with Crippen molar-refractivity contribution in [3.05, 3.63) is 71.3 Å². The van der Waals surface area contributed by atoms with Gasteiger partial charge in [0.1, 0.15) is 18.2 Å². The molecule has 2 N–H and O–H groups in total. The molecular formula is C23H23FN4O3. The van der Waals surface area contributed by atoms with Gasteiger partial charge in [-0.15, -0.1) is 0 Å². The second-order valence-corrected chi connectivity index (χ2v) is 7.22. The molecule has 4 rings (SSSR count). The molecule has 2 amide bonds. The number of carbonyl (C=O) groups excluding carboxylic acids is 2. The van der Waals surface area contributed by atoms with Gasteiger partial charge in [-0.05, 0) is 60.9 Å². The van der Waals surface area contributed by atoms with E-state index in [9.17, 15) is 14.0 Å². The summed E-state index contributed by atoms with van der Waals surface area (Å²) in [5, 5.41) is 9.99. The van der Waals surface area contributed by atoms with Gasteiger partial charge in [0.05, 0.1) is 29.7 Å². The molecule has 0 saturated carbocycles. The van der Waals surface area contributed by atoms with E-state index >= 15 is 0 Å². The van der Waals surface area contributed by atoms with Crippen molar-refractivity contribution >= 4 is 17.5 Å². The lowest BCUT2D eigenvalue weighted by Crippen LogP contribution is -2.28. The topological polar surface area (TPSA) is 85.2 Å². The van der Waals surface area contributed by atoms with Crippen molar-refractivity contribution in [2.24, 2.45) is 0 Å². The molecule has 0 aliphatic carbocycles. The van der Waals surface area contributed by atoms with E-state index in [1.165, 1.54) is 18.3 Å². The largest absolute Gasteiger partial charge is 0.492 e. The van der Waals surface area contributed by atoms with Crippen LogP contribution < -0.4 is 15.4 Å². The fourth-order valence-electron chi connectivity index (χ4n) is 3.59. The Balaban J connectivity index is 1.34. The van der Waals surface area contributed by atoms with E-state index in [0.717, 1.165) is 16.9 Å². The van der Waals surface area contributed by atoms with Crippen LogP contribution in [-0.2, 0) is 17.6 Å². The molecule has 7 nitrogen and oxygen atoms in total. The van der Waals surface area contributed by atoms with E-state index in [1.807, 2.05) is 19.1 Å². The van der Waals surface area contributed by atoms with Crippen LogP contribution in [0.15, 0.2) is 48.7 Å². The van der Waals surface area contributed by atoms with Crippen molar-refractivity contribution in [3.8, 4) is 11.4 Å². The summed E-state index contributed by atoms with van der Waals surface area (Å²) in [5.74, 6) is 0.165. The zero-order valence-corrected chi connectivity index (χ0v) is 17.2. The Morgan fingerprint density at radius 1 is 1.23 bits per heavy atom. The van der Waals surface area contributed by atoms with E-state index in [-0.39, 0.29) is 17.6 Å². The number of halogens is 1. The van der Waals surface area contributed by atoms with Crippen molar-refractivity contribution in [1.29, 1.82) is 0 Å². The number of amides is 2. The highest BCUT2D eigenvalue weighted by Crippen LogP contribution is 2.26. The van der Waals surface area contributed by atoms with Crippen LogP contribution in [0.4, 0.5) is 10.1 Å². The summed E-state index contributed by atoms with van der Waals surface area (Å²) < 4.78 is 20.6. The molecule has 2 aromatic carbocycles. The van der Waals surface area contributed by atoms with Crippen molar-refractivity contribution in [2.45, 2.75) is 26.2 Å². The molecule has 1 aliphatic heterocycles. The van der Waals surface area contributed by atoms with Gasteiger partial charge in [-0.1, -0.05) is 6.92 Å². The summed E-state index contributed by atoms with van der Waals surface area (Å²) in [6.45, 7) is 2.58. The summed E-state index contributed by atoms with van der Waals surface area (Å²) >= 11 is 0. The number of anilines is 1. The molecule has 8 heteroatoms. The van der Waals surface area contributed by atoms with Gasteiger partial charge in [-0.3, -0.25) is 9.59 Å². The van der Waals surface area contributed by atoms with Gasteiger partial charge in [0.25, 0.3) is 5.91 Å². The third-order valence-corrected chi connectivity index (χ3v) is 5.15. The van der Waals surface area contributed by atoms with E-state index in [2.05, 4.69) is 15.7 Å². The molecule has 1 aliphatic rings. The van der Waals surface area contributed by atoms with Crippen molar-refractivity contribution in [1.82, 2.24) is 15.1 Å². The van der Waals surface area contributed by atoms with Gasteiger partial charge in [0.15, 0.2) is 0 Å². The van der Waals surface area contributed by atoms with Crippen LogP contribution in [-0.4, -0.2) is 34.7 Å². The highest BCUT2D eigenvalue weighted by molar-refractivity contribution is 5.95. The maximum absolute atomic E-state index is 13.2. The predicted octanol–water partition coefficient (Wildman–Crippen LogP) is 3.27. The van der Waals surface area contributed by atoms with Crippen LogP contribution in [0.5, 0.6) is 5.75 Å². The van der Waals surface area contributed by atoms with E-state index in [1.54, 1.807) is 22.9 Å². The van der Waals surface area contributed by atoms with Crippen LogP contribution in [0.25, 0.3) is 5.69 Å². The third-order valence-electron chi connectivity index (χ3n) is 5.15. The van der Waals surface area contributed by atoms with Gasteiger partial charge in [0.2, 0.25) is 5.91 Å². The van der Waals surface area contributed by atoms with Crippen LogP contribution in [0, 0.1) is 5.82 Å². The number of carbonyl (C=O) groups is 2. The molecule has 2 heterocycles. The Morgan fingerprint density at radius 2 is 2.03 bits per heavy atom. The second kappa shape index (κ2) is 8.99. The molecule has 0 atom stereocenters. The molecule has 0 spiro atoms. The quantitative estimate of drug-likeness (QED) is 0.573.